The predicted octanol–water partition coefficient (Wildman–Crippen LogP) is 3.78. The van der Waals surface area contributed by atoms with Gasteiger partial charge in [-0.25, -0.2) is 4.79 Å². The maximum Gasteiger partial charge on any atom is 0.335 e. The largest absolute Gasteiger partial charge is 0.478 e. The first-order chi connectivity index (χ1) is 11.4. The number of rotatable bonds is 6. The van der Waals surface area contributed by atoms with Gasteiger partial charge in [-0.1, -0.05) is 62.4 Å². The van der Waals surface area contributed by atoms with E-state index < -0.39 is 5.97 Å². The van der Waals surface area contributed by atoms with Gasteiger partial charge in [0, 0.05) is 7.05 Å². The van der Waals surface area contributed by atoms with E-state index in [1.807, 2.05) is 30.3 Å². The second kappa shape index (κ2) is 7.77. The summed E-state index contributed by atoms with van der Waals surface area (Å²) in [5.41, 5.74) is 1.80. The van der Waals surface area contributed by atoms with Crippen LogP contribution in [0, 0.1) is 5.92 Å². The average molecular weight is 325 g/mol. The number of carbonyl (C=O) groups excluding carboxylic acids is 1. The molecule has 0 bridgehead atoms. The summed E-state index contributed by atoms with van der Waals surface area (Å²) in [6, 6.07) is 16.5. The van der Waals surface area contributed by atoms with Crippen LogP contribution < -0.4 is 0 Å². The highest BCUT2D eigenvalue weighted by Crippen LogP contribution is 2.28. The lowest BCUT2D eigenvalue weighted by Gasteiger charge is -2.32. The quantitative estimate of drug-likeness (QED) is 0.879. The van der Waals surface area contributed by atoms with Crippen LogP contribution in [0.1, 0.15) is 41.4 Å². The Balaban J connectivity index is 2.24. The Morgan fingerprint density at radius 1 is 1.00 bits per heavy atom. The minimum atomic E-state index is -1.01. The molecule has 24 heavy (non-hydrogen) atoms. The molecule has 0 spiro atoms. The maximum absolute atomic E-state index is 12.7. The molecule has 1 amide bonds. The molecule has 2 rings (SSSR count). The normalized spacial score (nSPS) is 12.0. The Hall–Kier alpha value is -2.62. The first-order valence-corrected chi connectivity index (χ1v) is 8.03. The lowest BCUT2D eigenvalue weighted by molar-refractivity contribution is -0.132. The number of nitrogens with zero attached hydrogens (tertiary/aromatic N) is 1. The number of aromatic carboxylic acids is 1. The molecular formula is C20H23NO3. The summed E-state index contributed by atoms with van der Waals surface area (Å²) >= 11 is 0. The lowest BCUT2D eigenvalue weighted by Crippen LogP contribution is -2.35. The lowest BCUT2D eigenvalue weighted by atomic mass is 9.94. The van der Waals surface area contributed by atoms with Gasteiger partial charge < -0.3 is 10.0 Å². The van der Waals surface area contributed by atoms with Crippen molar-refractivity contribution in [2.24, 2.45) is 5.92 Å². The number of likely N-dealkylation sites (N-methyl/N-ethyl adjacent to an activating group) is 1. The third kappa shape index (κ3) is 4.02. The summed E-state index contributed by atoms with van der Waals surface area (Å²) in [5, 5.41) is 9.27. The first-order valence-electron chi connectivity index (χ1n) is 8.03. The van der Waals surface area contributed by atoms with Crippen LogP contribution in [0.25, 0.3) is 0 Å². The van der Waals surface area contributed by atoms with Crippen molar-refractivity contribution in [2.45, 2.75) is 26.3 Å². The molecule has 4 heteroatoms. The summed E-state index contributed by atoms with van der Waals surface area (Å²) in [4.78, 5) is 25.8. The van der Waals surface area contributed by atoms with E-state index >= 15 is 0 Å². The summed E-state index contributed by atoms with van der Waals surface area (Å²) < 4.78 is 0. The standard InChI is InChI=1S/C20H23NO3/c1-14(2)19(15-9-5-4-6-10-15)21(3)18(22)13-16-11-7-8-12-17(16)20(23)24/h4-12,14,19H,13H2,1-3H3,(H,23,24). The van der Waals surface area contributed by atoms with Crippen molar-refractivity contribution in [1.82, 2.24) is 4.90 Å². The van der Waals surface area contributed by atoms with Crippen LogP contribution in [-0.2, 0) is 11.2 Å². The molecule has 0 fully saturated rings. The summed E-state index contributed by atoms with van der Waals surface area (Å²) in [5.74, 6) is -0.855. The van der Waals surface area contributed by atoms with E-state index in [0.29, 0.717) is 5.56 Å². The van der Waals surface area contributed by atoms with Gasteiger partial charge in [-0.15, -0.1) is 0 Å². The molecule has 0 radical (unpaired) electrons. The van der Waals surface area contributed by atoms with Crippen LogP contribution >= 0.6 is 0 Å². The van der Waals surface area contributed by atoms with E-state index in [1.165, 1.54) is 6.07 Å². The molecule has 0 aliphatic carbocycles. The monoisotopic (exact) mass is 325 g/mol. The highest BCUT2D eigenvalue weighted by atomic mass is 16.4. The average Bonchev–Trinajstić information content (AvgIpc) is 2.55. The van der Waals surface area contributed by atoms with E-state index in [1.54, 1.807) is 30.1 Å². The third-order valence-electron chi connectivity index (χ3n) is 4.17. The topological polar surface area (TPSA) is 57.6 Å². The van der Waals surface area contributed by atoms with Crippen molar-refractivity contribution in [1.29, 1.82) is 0 Å². The van der Waals surface area contributed by atoms with E-state index in [9.17, 15) is 14.7 Å². The predicted molar refractivity (Wildman–Crippen MR) is 93.9 cm³/mol. The maximum atomic E-state index is 12.7. The molecule has 2 aromatic rings. The van der Waals surface area contributed by atoms with Gasteiger partial charge >= 0.3 is 5.97 Å². The molecule has 2 aromatic carbocycles. The van der Waals surface area contributed by atoms with E-state index in [4.69, 9.17) is 0 Å². The summed E-state index contributed by atoms with van der Waals surface area (Å²) in [6.45, 7) is 4.15. The molecule has 0 saturated carbocycles. The molecule has 1 N–H and O–H groups in total. The van der Waals surface area contributed by atoms with E-state index in [-0.39, 0.29) is 29.9 Å². The zero-order valence-electron chi connectivity index (χ0n) is 14.3. The van der Waals surface area contributed by atoms with Crippen molar-refractivity contribution in [3.05, 3.63) is 71.3 Å². The van der Waals surface area contributed by atoms with Crippen molar-refractivity contribution in [2.75, 3.05) is 7.05 Å². The second-order valence-electron chi connectivity index (χ2n) is 6.24. The molecule has 126 valence electrons. The zero-order chi connectivity index (χ0) is 17.7. The summed E-state index contributed by atoms with van der Waals surface area (Å²) in [7, 11) is 1.78. The smallest absolute Gasteiger partial charge is 0.335 e. The van der Waals surface area contributed by atoms with Gasteiger partial charge in [-0.05, 0) is 23.1 Å². The van der Waals surface area contributed by atoms with Crippen molar-refractivity contribution in [3.8, 4) is 0 Å². The minimum absolute atomic E-state index is 0.0457. The molecule has 0 aliphatic rings. The van der Waals surface area contributed by atoms with E-state index in [2.05, 4.69) is 13.8 Å². The second-order valence-corrected chi connectivity index (χ2v) is 6.24. The van der Waals surface area contributed by atoms with Gasteiger partial charge in [0.15, 0.2) is 0 Å². The number of carboxylic acid groups (broad SMARTS) is 1. The fourth-order valence-corrected chi connectivity index (χ4v) is 3.03. The van der Waals surface area contributed by atoms with Gasteiger partial charge in [-0.3, -0.25) is 4.79 Å². The van der Waals surface area contributed by atoms with Gasteiger partial charge in [0.25, 0.3) is 0 Å². The van der Waals surface area contributed by atoms with Crippen molar-refractivity contribution < 1.29 is 14.7 Å². The molecule has 0 aliphatic heterocycles. The third-order valence-corrected chi connectivity index (χ3v) is 4.17. The Morgan fingerprint density at radius 2 is 1.58 bits per heavy atom. The fraction of sp³-hybridized carbons (Fsp3) is 0.300. The molecule has 1 atom stereocenters. The number of carboxylic acids is 1. The van der Waals surface area contributed by atoms with Crippen LogP contribution in [0.5, 0.6) is 0 Å². The zero-order valence-corrected chi connectivity index (χ0v) is 14.3. The van der Waals surface area contributed by atoms with Gasteiger partial charge in [-0.2, -0.15) is 0 Å². The van der Waals surface area contributed by atoms with Crippen molar-refractivity contribution in [3.63, 3.8) is 0 Å². The number of amides is 1. The highest BCUT2D eigenvalue weighted by molar-refractivity contribution is 5.91. The number of hydrogen-bond donors (Lipinski definition) is 1. The Bertz CT molecular complexity index is 710. The molecule has 0 aromatic heterocycles. The Kier molecular flexibility index (Phi) is 5.74. The molecular weight excluding hydrogens is 302 g/mol. The minimum Gasteiger partial charge on any atom is -0.478 e. The van der Waals surface area contributed by atoms with Gasteiger partial charge in [0.05, 0.1) is 18.0 Å². The Morgan fingerprint density at radius 3 is 2.17 bits per heavy atom. The van der Waals surface area contributed by atoms with Crippen LogP contribution in [0.4, 0.5) is 0 Å². The molecule has 0 saturated heterocycles. The van der Waals surface area contributed by atoms with Crippen LogP contribution in [-0.4, -0.2) is 28.9 Å². The van der Waals surface area contributed by atoms with E-state index in [0.717, 1.165) is 5.56 Å². The molecule has 1 unspecified atom stereocenters. The van der Waals surface area contributed by atoms with Gasteiger partial charge in [0.1, 0.15) is 0 Å². The van der Waals surface area contributed by atoms with Gasteiger partial charge in [0.2, 0.25) is 5.91 Å². The summed E-state index contributed by atoms with van der Waals surface area (Å²) in [6.07, 6.45) is 0.0784. The number of carbonyl (C=O) groups is 2. The Labute approximate surface area is 142 Å². The van der Waals surface area contributed by atoms with Crippen LogP contribution in [0.15, 0.2) is 54.6 Å². The van der Waals surface area contributed by atoms with Crippen molar-refractivity contribution >= 4 is 11.9 Å². The SMILES string of the molecule is CC(C)C(c1ccccc1)N(C)C(=O)Cc1ccccc1C(=O)O. The highest BCUT2D eigenvalue weighted by Gasteiger charge is 2.25. The first kappa shape index (κ1) is 17.7. The van der Waals surface area contributed by atoms with Crippen LogP contribution in [0.2, 0.25) is 0 Å². The number of hydrogen-bond acceptors (Lipinski definition) is 2. The van der Waals surface area contributed by atoms with Crippen LogP contribution in [0.3, 0.4) is 0 Å². The number of benzene rings is 2. The molecule has 4 nitrogen and oxygen atoms in total. The fourth-order valence-electron chi connectivity index (χ4n) is 3.03. The molecule has 0 heterocycles.